The molecule has 1 aliphatic carbocycles. The third kappa shape index (κ3) is 6.16. The first-order valence-electron chi connectivity index (χ1n) is 10.0. The topological polar surface area (TPSA) is 100 Å². The Morgan fingerprint density at radius 3 is 2.42 bits per heavy atom. The minimum absolute atomic E-state index is 0.0270. The second-order valence-electron chi connectivity index (χ2n) is 7.99. The number of halogens is 3. The zero-order valence-electron chi connectivity index (χ0n) is 16.8. The molecule has 1 spiro atoms. The Morgan fingerprint density at radius 1 is 1.26 bits per heavy atom. The van der Waals surface area contributed by atoms with Gasteiger partial charge in [-0.2, -0.15) is 13.2 Å². The second-order valence-corrected chi connectivity index (χ2v) is 7.99. The average molecular weight is 443 g/mol. The number of hydrogen-bond donors (Lipinski definition) is 1. The highest BCUT2D eigenvalue weighted by atomic mass is 19.4. The van der Waals surface area contributed by atoms with Gasteiger partial charge in [0.05, 0.1) is 24.0 Å². The molecule has 1 aromatic heterocycles. The van der Waals surface area contributed by atoms with Gasteiger partial charge in [0.25, 0.3) is 5.91 Å². The smallest absolute Gasteiger partial charge is 0.475 e. The van der Waals surface area contributed by atoms with Crippen molar-refractivity contribution < 1.29 is 37.4 Å². The van der Waals surface area contributed by atoms with Gasteiger partial charge in [0, 0.05) is 25.7 Å². The van der Waals surface area contributed by atoms with Crippen LogP contribution in [0.5, 0.6) is 0 Å². The summed E-state index contributed by atoms with van der Waals surface area (Å²) < 4.78 is 37.7. The third-order valence-electron chi connectivity index (χ3n) is 5.64. The van der Waals surface area contributed by atoms with Crippen LogP contribution >= 0.6 is 0 Å². The number of nitrogens with zero attached hydrogens (tertiary/aromatic N) is 3. The van der Waals surface area contributed by atoms with Crippen molar-refractivity contribution in [3.63, 3.8) is 0 Å². The van der Waals surface area contributed by atoms with Gasteiger partial charge in [-0.25, -0.2) is 4.79 Å². The van der Waals surface area contributed by atoms with Crippen LogP contribution in [0.2, 0.25) is 0 Å². The lowest BCUT2D eigenvalue weighted by molar-refractivity contribution is -0.192. The summed E-state index contributed by atoms with van der Waals surface area (Å²) in [4.78, 5) is 41.3. The minimum Gasteiger partial charge on any atom is -0.475 e. The molecule has 1 saturated carbocycles. The number of carbonyl (C=O) groups is 3. The predicted octanol–water partition coefficient (Wildman–Crippen LogP) is 2.24. The first kappa shape index (κ1) is 23.0. The zero-order chi connectivity index (χ0) is 22.6. The molecule has 0 unspecified atom stereocenters. The van der Waals surface area contributed by atoms with Crippen molar-refractivity contribution in [2.45, 2.75) is 43.9 Å². The third-order valence-corrected chi connectivity index (χ3v) is 5.64. The Kier molecular flexibility index (Phi) is 6.83. The van der Waals surface area contributed by atoms with E-state index in [0.717, 1.165) is 31.6 Å². The van der Waals surface area contributed by atoms with Crippen molar-refractivity contribution in [1.29, 1.82) is 0 Å². The van der Waals surface area contributed by atoms with Gasteiger partial charge in [-0.15, -0.1) is 0 Å². The normalized spacial score (nSPS) is 20.8. The highest BCUT2D eigenvalue weighted by Gasteiger charge is 2.43. The molecule has 3 heterocycles. The summed E-state index contributed by atoms with van der Waals surface area (Å²) in [6, 6.07) is 3.74. The summed E-state index contributed by atoms with van der Waals surface area (Å²) in [6.07, 6.45) is 3.01. The molecule has 0 radical (unpaired) electrons. The van der Waals surface area contributed by atoms with E-state index in [1.165, 1.54) is 12.8 Å². The molecule has 1 aromatic rings. The van der Waals surface area contributed by atoms with E-state index < -0.39 is 12.1 Å². The Balaban J connectivity index is 0.000000339. The van der Waals surface area contributed by atoms with Crippen LogP contribution < -0.4 is 4.90 Å². The average Bonchev–Trinajstić information content (AvgIpc) is 3.55. The van der Waals surface area contributed by atoms with Crippen molar-refractivity contribution in [1.82, 2.24) is 9.88 Å². The van der Waals surface area contributed by atoms with Crippen LogP contribution in [-0.2, 0) is 19.1 Å². The molecule has 2 amide bonds. The standard InChI is InChI=1S/C18H23N3O3.C2HF3O2/c22-16(10-14-3-4-14)20-8-5-18(6-9-20)13-21(17(23)12-24-18)15-2-1-7-19-11-15;3-2(4,5)1(6)7/h1-2,7,11,14H,3-6,8-10,12-13H2;(H,6,7). The van der Waals surface area contributed by atoms with Gasteiger partial charge in [0.1, 0.15) is 6.61 Å². The van der Waals surface area contributed by atoms with Crippen molar-refractivity contribution in [2.24, 2.45) is 5.92 Å². The van der Waals surface area contributed by atoms with Gasteiger partial charge in [-0.3, -0.25) is 14.6 Å². The number of rotatable bonds is 3. The number of alkyl halides is 3. The van der Waals surface area contributed by atoms with E-state index in [9.17, 15) is 22.8 Å². The lowest BCUT2D eigenvalue weighted by atomic mass is 9.89. The molecular formula is C20H24F3N3O5. The number of ether oxygens (including phenoxy) is 1. The highest BCUT2D eigenvalue weighted by molar-refractivity contribution is 5.95. The number of likely N-dealkylation sites (tertiary alicyclic amines) is 1. The summed E-state index contributed by atoms with van der Waals surface area (Å²) in [7, 11) is 0. The number of amides is 2. The molecule has 1 N–H and O–H groups in total. The molecule has 4 rings (SSSR count). The molecule has 2 saturated heterocycles. The van der Waals surface area contributed by atoms with Crippen LogP contribution in [-0.4, -0.2) is 70.8 Å². The number of piperidine rings is 1. The van der Waals surface area contributed by atoms with Gasteiger partial charge >= 0.3 is 12.1 Å². The first-order valence-corrected chi connectivity index (χ1v) is 10.0. The molecule has 31 heavy (non-hydrogen) atoms. The number of aromatic nitrogens is 1. The molecule has 11 heteroatoms. The lowest BCUT2D eigenvalue weighted by Crippen LogP contribution is -2.59. The van der Waals surface area contributed by atoms with Crippen LogP contribution in [0, 0.1) is 5.92 Å². The maximum Gasteiger partial charge on any atom is 0.490 e. The van der Waals surface area contributed by atoms with E-state index in [0.29, 0.717) is 18.9 Å². The number of morpholine rings is 1. The van der Waals surface area contributed by atoms with Crippen molar-refractivity contribution >= 4 is 23.5 Å². The molecule has 0 aromatic carbocycles. The molecule has 8 nitrogen and oxygen atoms in total. The number of carboxylic acids is 1. The minimum atomic E-state index is -5.08. The van der Waals surface area contributed by atoms with E-state index in [2.05, 4.69) is 4.98 Å². The quantitative estimate of drug-likeness (QED) is 0.769. The van der Waals surface area contributed by atoms with Crippen molar-refractivity contribution in [3.8, 4) is 0 Å². The Labute approximate surface area is 177 Å². The van der Waals surface area contributed by atoms with Gasteiger partial charge in [0.15, 0.2) is 0 Å². The number of pyridine rings is 1. The highest BCUT2D eigenvalue weighted by Crippen LogP contribution is 2.35. The van der Waals surface area contributed by atoms with E-state index in [1.807, 2.05) is 17.0 Å². The number of aliphatic carboxylic acids is 1. The maximum atomic E-state index is 12.3. The van der Waals surface area contributed by atoms with Crippen LogP contribution in [0.15, 0.2) is 24.5 Å². The fourth-order valence-corrected chi connectivity index (χ4v) is 3.63. The molecule has 0 bridgehead atoms. The Bertz CT molecular complexity index is 806. The molecule has 3 aliphatic rings. The molecule has 0 atom stereocenters. The van der Waals surface area contributed by atoms with Gasteiger partial charge in [-0.1, -0.05) is 0 Å². The predicted molar refractivity (Wildman–Crippen MR) is 102 cm³/mol. The number of anilines is 1. The molecule has 3 fully saturated rings. The summed E-state index contributed by atoms with van der Waals surface area (Å²) >= 11 is 0. The fraction of sp³-hybridized carbons (Fsp3) is 0.600. The maximum absolute atomic E-state index is 12.3. The van der Waals surface area contributed by atoms with Crippen molar-refractivity contribution in [2.75, 3.05) is 31.1 Å². The Hall–Kier alpha value is -2.69. The van der Waals surface area contributed by atoms with Crippen molar-refractivity contribution in [3.05, 3.63) is 24.5 Å². The van der Waals surface area contributed by atoms with Crippen LogP contribution in [0.4, 0.5) is 18.9 Å². The monoisotopic (exact) mass is 443 g/mol. The van der Waals surface area contributed by atoms with E-state index in [4.69, 9.17) is 14.6 Å². The summed E-state index contributed by atoms with van der Waals surface area (Å²) in [5, 5.41) is 7.12. The van der Waals surface area contributed by atoms with Gasteiger partial charge in [-0.05, 0) is 43.7 Å². The summed E-state index contributed by atoms with van der Waals surface area (Å²) in [5.41, 5.74) is 0.484. The molecule has 2 aliphatic heterocycles. The molecular weight excluding hydrogens is 419 g/mol. The molecule has 170 valence electrons. The van der Waals surface area contributed by atoms with Crippen LogP contribution in [0.1, 0.15) is 32.1 Å². The van der Waals surface area contributed by atoms with Crippen LogP contribution in [0.25, 0.3) is 0 Å². The van der Waals surface area contributed by atoms with E-state index in [1.54, 1.807) is 17.3 Å². The van der Waals surface area contributed by atoms with E-state index in [-0.39, 0.29) is 24.0 Å². The Morgan fingerprint density at radius 2 is 1.90 bits per heavy atom. The van der Waals surface area contributed by atoms with Gasteiger partial charge in [0.2, 0.25) is 5.91 Å². The van der Waals surface area contributed by atoms with Crippen LogP contribution in [0.3, 0.4) is 0 Å². The van der Waals surface area contributed by atoms with E-state index >= 15 is 0 Å². The largest absolute Gasteiger partial charge is 0.490 e. The lowest BCUT2D eigenvalue weighted by Gasteiger charge is -2.46. The summed E-state index contributed by atoms with van der Waals surface area (Å²) in [6.45, 7) is 2.09. The number of carboxylic acid groups (broad SMARTS) is 1. The second kappa shape index (κ2) is 9.21. The van der Waals surface area contributed by atoms with Gasteiger partial charge < -0.3 is 19.6 Å². The number of carbonyl (C=O) groups excluding carboxylic acids is 2. The summed E-state index contributed by atoms with van der Waals surface area (Å²) in [5.74, 6) is -1.88. The zero-order valence-corrected chi connectivity index (χ0v) is 16.8. The SMILES string of the molecule is O=C(CC1CC1)N1CCC2(CC1)CN(c1cccnc1)C(=O)CO2.O=C(O)C(F)(F)F. The fourth-order valence-electron chi connectivity index (χ4n) is 3.63. The first-order chi connectivity index (χ1) is 14.6. The number of hydrogen-bond acceptors (Lipinski definition) is 5.